The van der Waals surface area contributed by atoms with Crippen molar-refractivity contribution in [1.29, 1.82) is 0 Å². The molecule has 0 unspecified atom stereocenters. The second kappa shape index (κ2) is 5.32. The first-order valence-electron chi connectivity index (χ1n) is 5.93. The molecule has 1 aromatic rings. The van der Waals surface area contributed by atoms with Gasteiger partial charge in [0, 0.05) is 26.2 Å². The van der Waals surface area contributed by atoms with E-state index in [4.69, 9.17) is 4.42 Å². The van der Waals surface area contributed by atoms with Crippen molar-refractivity contribution in [1.82, 2.24) is 10.2 Å². The second-order valence-electron chi connectivity index (χ2n) is 4.27. The van der Waals surface area contributed by atoms with Crippen molar-refractivity contribution in [3.63, 3.8) is 0 Å². The number of furan rings is 1. The molecule has 3 nitrogen and oxygen atoms in total. The van der Waals surface area contributed by atoms with Gasteiger partial charge in [-0.1, -0.05) is 6.08 Å². The smallest absolute Gasteiger partial charge is 0.121 e. The van der Waals surface area contributed by atoms with Crippen LogP contribution in [0.15, 0.2) is 29.2 Å². The quantitative estimate of drug-likeness (QED) is 0.788. The lowest BCUT2D eigenvalue weighted by atomic mass is 10.1. The Bertz CT molecular complexity index is 339. The van der Waals surface area contributed by atoms with Crippen molar-refractivity contribution in [3.8, 4) is 0 Å². The molecule has 0 spiro atoms. The monoisotopic (exact) mass is 220 g/mol. The van der Waals surface area contributed by atoms with Gasteiger partial charge < -0.3 is 9.73 Å². The molecule has 16 heavy (non-hydrogen) atoms. The topological polar surface area (TPSA) is 28.4 Å². The fourth-order valence-corrected chi connectivity index (χ4v) is 2.23. The van der Waals surface area contributed by atoms with Crippen LogP contribution in [0.1, 0.15) is 24.0 Å². The van der Waals surface area contributed by atoms with Gasteiger partial charge in [-0.2, -0.15) is 0 Å². The normalized spacial score (nSPS) is 19.6. The SMILES string of the molecule is C=CC[C@H](c1ccc(C)o1)N1CCNCC1. The van der Waals surface area contributed by atoms with Crippen molar-refractivity contribution in [3.05, 3.63) is 36.3 Å². The van der Waals surface area contributed by atoms with Crippen LogP contribution in [0.25, 0.3) is 0 Å². The molecule has 0 saturated carbocycles. The molecule has 1 saturated heterocycles. The summed E-state index contributed by atoms with van der Waals surface area (Å²) in [4.78, 5) is 2.47. The van der Waals surface area contributed by atoms with Crippen LogP contribution < -0.4 is 5.32 Å². The van der Waals surface area contributed by atoms with Gasteiger partial charge >= 0.3 is 0 Å². The number of aryl methyl sites for hydroxylation is 1. The Morgan fingerprint density at radius 2 is 2.25 bits per heavy atom. The minimum atomic E-state index is 0.355. The molecular weight excluding hydrogens is 200 g/mol. The summed E-state index contributed by atoms with van der Waals surface area (Å²) in [6, 6.07) is 4.48. The van der Waals surface area contributed by atoms with E-state index in [0.29, 0.717) is 6.04 Å². The predicted molar refractivity (Wildman–Crippen MR) is 65.4 cm³/mol. The van der Waals surface area contributed by atoms with Crippen LogP contribution in [-0.2, 0) is 0 Å². The molecule has 0 aliphatic carbocycles. The lowest BCUT2D eigenvalue weighted by Gasteiger charge is -2.33. The molecule has 1 N–H and O–H groups in total. The van der Waals surface area contributed by atoms with E-state index in [0.717, 1.165) is 44.1 Å². The fourth-order valence-electron chi connectivity index (χ4n) is 2.23. The maximum absolute atomic E-state index is 5.74. The highest BCUT2D eigenvalue weighted by Crippen LogP contribution is 2.26. The van der Waals surface area contributed by atoms with Crippen molar-refractivity contribution in [2.75, 3.05) is 26.2 Å². The summed E-state index contributed by atoms with van der Waals surface area (Å²) in [7, 11) is 0. The molecule has 88 valence electrons. The molecular formula is C13H20N2O. The van der Waals surface area contributed by atoms with Crippen LogP contribution in [0.3, 0.4) is 0 Å². The summed E-state index contributed by atoms with van der Waals surface area (Å²) >= 11 is 0. The van der Waals surface area contributed by atoms with Crippen LogP contribution in [0, 0.1) is 6.92 Å². The van der Waals surface area contributed by atoms with Gasteiger partial charge in [-0.25, -0.2) is 0 Å². The zero-order chi connectivity index (χ0) is 11.4. The molecule has 1 aliphatic rings. The lowest BCUT2D eigenvalue weighted by Crippen LogP contribution is -2.45. The van der Waals surface area contributed by atoms with Crippen LogP contribution in [-0.4, -0.2) is 31.1 Å². The van der Waals surface area contributed by atoms with E-state index in [9.17, 15) is 0 Å². The minimum absolute atomic E-state index is 0.355. The molecule has 0 bridgehead atoms. The maximum atomic E-state index is 5.74. The molecule has 1 fully saturated rings. The molecule has 1 aromatic heterocycles. The third kappa shape index (κ3) is 2.54. The van der Waals surface area contributed by atoms with Gasteiger partial charge in [0.2, 0.25) is 0 Å². The van der Waals surface area contributed by atoms with Crippen molar-refractivity contribution >= 4 is 0 Å². The number of hydrogen-bond donors (Lipinski definition) is 1. The highest BCUT2D eigenvalue weighted by molar-refractivity contribution is 5.11. The average molecular weight is 220 g/mol. The van der Waals surface area contributed by atoms with E-state index < -0.39 is 0 Å². The van der Waals surface area contributed by atoms with Crippen molar-refractivity contribution in [2.24, 2.45) is 0 Å². The summed E-state index contributed by atoms with van der Waals surface area (Å²) in [5.74, 6) is 2.05. The van der Waals surface area contributed by atoms with Gasteiger partial charge in [0.15, 0.2) is 0 Å². The molecule has 2 rings (SSSR count). The summed E-state index contributed by atoms with van der Waals surface area (Å²) in [6.07, 6.45) is 2.93. The van der Waals surface area contributed by atoms with E-state index in [1.807, 2.05) is 19.1 Å². The molecule has 2 heterocycles. The zero-order valence-electron chi connectivity index (χ0n) is 9.91. The standard InChI is InChI=1S/C13H20N2O/c1-3-4-12(13-6-5-11(2)16-13)15-9-7-14-8-10-15/h3,5-6,12,14H,1,4,7-10H2,2H3/t12-/m1/s1. The van der Waals surface area contributed by atoms with Crippen LogP contribution in [0.4, 0.5) is 0 Å². The highest BCUT2D eigenvalue weighted by atomic mass is 16.3. The molecule has 0 radical (unpaired) electrons. The molecule has 0 aromatic carbocycles. The van der Waals surface area contributed by atoms with Crippen molar-refractivity contribution < 1.29 is 4.42 Å². The minimum Gasteiger partial charge on any atom is -0.465 e. The third-order valence-corrected chi connectivity index (χ3v) is 3.07. The van der Waals surface area contributed by atoms with E-state index in [1.54, 1.807) is 0 Å². The van der Waals surface area contributed by atoms with Crippen molar-refractivity contribution in [2.45, 2.75) is 19.4 Å². The van der Waals surface area contributed by atoms with E-state index >= 15 is 0 Å². The first kappa shape index (κ1) is 11.4. The van der Waals surface area contributed by atoms with E-state index in [2.05, 4.69) is 22.9 Å². The third-order valence-electron chi connectivity index (χ3n) is 3.07. The number of nitrogens with zero attached hydrogens (tertiary/aromatic N) is 1. The van der Waals surface area contributed by atoms with Crippen LogP contribution in [0.2, 0.25) is 0 Å². The number of nitrogens with one attached hydrogen (secondary N) is 1. The Balaban J connectivity index is 2.12. The Kier molecular flexibility index (Phi) is 3.80. The highest BCUT2D eigenvalue weighted by Gasteiger charge is 2.23. The largest absolute Gasteiger partial charge is 0.465 e. The molecule has 3 heteroatoms. The Morgan fingerprint density at radius 3 is 2.81 bits per heavy atom. The molecule has 0 amide bonds. The number of rotatable bonds is 4. The molecule has 1 atom stereocenters. The average Bonchev–Trinajstić information content (AvgIpc) is 2.74. The van der Waals surface area contributed by atoms with Gasteiger partial charge in [-0.05, 0) is 25.5 Å². The number of piperazine rings is 1. The lowest BCUT2D eigenvalue weighted by molar-refractivity contribution is 0.154. The summed E-state index contributed by atoms with van der Waals surface area (Å²) < 4.78 is 5.74. The Labute approximate surface area is 97.1 Å². The van der Waals surface area contributed by atoms with Crippen LogP contribution in [0.5, 0.6) is 0 Å². The fraction of sp³-hybridized carbons (Fsp3) is 0.538. The maximum Gasteiger partial charge on any atom is 0.121 e. The molecule has 1 aliphatic heterocycles. The van der Waals surface area contributed by atoms with Gasteiger partial charge in [0.25, 0.3) is 0 Å². The second-order valence-corrected chi connectivity index (χ2v) is 4.27. The predicted octanol–water partition coefficient (Wildman–Crippen LogP) is 2.11. The first-order chi connectivity index (χ1) is 7.81. The number of hydrogen-bond acceptors (Lipinski definition) is 3. The summed E-state index contributed by atoms with van der Waals surface area (Å²) in [6.45, 7) is 10.1. The summed E-state index contributed by atoms with van der Waals surface area (Å²) in [5, 5.41) is 3.37. The zero-order valence-corrected chi connectivity index (χ0v) is 9.91. The van der Waals surface area contributed by atoms with Gasteiger partial charge in [-0.3, -0.25) is 4.90 Å². The van der Waals surface area contributed by atoms with Gasteiger partial charge in [0.1, 0.15) is 11.5 Å². The van der Waals surface area contributed by atoms with E-state index in [-0.39, 0.29) is 0 Å². The first-order valence-corrected chi connectivity index (χ1v) is 5.93. The van der Waals surface area contributed by atoms with Crippen LogP contribution >= 0.6 is 0 Å². The summed E-state index contributed by atoms with van der Waals surface area (Å²) in [5.41, 5.74) is 0. The van der Waals surface area contributed by atoms with Gasteiger partial charge in [-0.15, -0.1) is 6.58 Å². The van der Waals surface area contributed by atoms with E-state index in [1.165, 1.54) is 0 Å². The Hall–Kier alpha value is -1.06. The Morgan fingerprint density at radius 1 is 1.50 bits per heavy atom. The van der Waals surface area contributed by atoms with Gasteiger partial charge in [0.05, 0.1) is 6.04 Å².